The summed E-state index contributed by atoms with van der Waals surface area (Å²) in [5.74, 6) is -0.414. The predicted molar refractivity (Wildman–Crippen MR) is 152 cm³/mol. The number of hydrogen-bond acceptors (Lipinski definition) is 7. The van der Waals surface area contributed by atoms with Crippen molar-refractivity contribution in [3.05, 3.63) is 88.9 Å². The largest absolute Gasteiger partial charge is 0.494 e. The number of amides is 1. The molecule has 0 aliphatic carbocycles. The van der Waals surface area contributed by atoms with Gasteiger partial charge in [0.2, 0.25) is 0 Å². The summed E-state index contributed by atoms with van der Waals surface area (Å²) in [7, 11) is 1.36. The molecule has 0 saturated heterocycles. The Hall–Kier alpha value is -4.55. The number of aromatic amines is 1. The van der Waals surface area contributed by atoms with Crippen LogP contribution in [0, 0.1) is 6.92 Å². The number of alkyl halides is 3. The Labute approximate surface area is 234 Å². The molecule has 2 aromatic heterocycles. The Kier molecular flexibility index (Phi) is 7.61. The first-order valence-electron chi connectivity index (χ1n) is 12.9. The number of benzene rings is 2. The molecular formula is C29H30F3N7O2. The predicted octanol–water partition coefficient (Wildman–Crippen LogP) is 5.48. The van der Waals surface area contributed by atoms with E-state index in [4.69, 9.17) is 4.74 Å². The Morgan fingerprint density at radius 1 is 1.15 bits per heavy atom. The van der Waals surface area contributed by atoms with E-state index in [-0.39, 0.29) is 35.2 Å². The van der Waals surface area contributed by atoms with Gasteiger partial charge < -0.3 is 25.8 Å². The molecule has 0 spiro atoms. The van der Waals surface area contributed by atoms with Gasteiger partial charge in [-0.25, -0.2) is 4.98 Å². The minimum Gasteiger partial charge on any atom is -0.494 e. The van der Waals surface area contributed by atoms with Crippen molar-refractivity contribution >= 4 is 34.0 Å². The van der Waals surface area contributed by atoms with Gasteiger partial charge in [0.05, 0.1) is 29.7 Å². The van der Waals surface area contributed by atoms with Crippen LogP contribution in [0.2, 0.25) is 0 Å². The van der Waals surface area contributed by atoms with Gasteiger partial charge in [0.1, 0.15) is 11.4 Å². The highest BCUT2D eigenvalue weighted by atomic mass is 19.4. The highest BCUT2D eigenvalue weighted by molar-refractivity contribution is 6.06. The van der Waals surface area contributed by atoms with E-state index >= 15 is 0 Å². The van der Waals surface area contributed by atoms with Gasteiger partial charge >= 0.3 is 6.18 Å². The number of aryl methyl sites for hydroxylation is 1. The SMILES string of the molecule is COc1c(CNC(C)C)cc(C(F)(F)F)cc1NC(=O)c1ccc(C)c(N2C=C(c3cnc4[nH]ccc4c3)NN2)c1. The molecule has 2 aromatic carbocycles. The average molecular weight is 566 g/mol. The zero-order valence-electron chi connectivity index (χ0n) is 22.9. The van der Waals surface area contributed by atoms with Crippen LogP contribution in [-0.4, -0.2) is 29.0 Å². The fraction of sp³-hybridized carbons (Fsp3) is 0.241. The number of nitrogens with zero attached hydrogens (tertiary/aromatic N) is 2. The van der Waals surface area contributed by atoms with Gasteiger partial charge in [-0.1, -0.05) is 19.9 Å². The molecule has 0 atom stereocenters. The maximum atomic E-state index is 13.7. The number of halogens is 3. The van der Waals surface area contributed by atoms with Gasteiger partial charge in [-0.3, -0.25) is 9.80 Å². The van der Waals surface area contributed by atoms with Crippen molar-refractivity contribution in [3.8, 4) is 5.75 Å². The number of fused-ring (bicyclic) bond motifs is 1. The van der Waals surface area contributed by atoms with E-state index in [1.807, 2.05) is 45.3 Å². The summed E-state index contributed by atoms with van der Waals surface area (Å²) in [5, 5.41) is 8.43. The smallest absolute Gasteiger partial charge is 0.416 e. The molecule has 12 heteroatoms. The number of aromatic nitrogens is 2. The molecule has 214 valence electrons. The molecule has 5 rings (SSSR count). The number of H-pyrrole nitrogens is 1. The lowest BCUT2D eigenvalue weighted by atomic mass is 10.1. The third-order valence-electron chi connectivity index (χ3n) is 6.66. The minimum absolute atomic E-state index is 0.0364. The summed E-state index contributed by atoms with van der Waals surface area (Å²) in [6, 6.07) is 10.9. The molecule has 1 aliphatic rings. The number of methoxy groups -OCH3 is 1. The zero-order valence-corrected chi connectivity index (χ0v) is 22.9. The lowest BCUT2D eigenvalue weighted by Crippen LogP contribution is -2.36. The lowest BCUT2D eigenvalue weighted by Gasteiger charge is -2.20. The molecule has 0 radical (unpaired) electrons. The fourth-order valence-electron chi connectivity index (χ4n) is 4.51. The molecule has 41 heavy (non-hydrogen) atoms. The van der Waals surface area contributed by atoms with Gasteiger partial charge in [0, 0.05) is 53.3 Å². The molecule has 3 heterocycles. The number of hydrazine groups is 2. The molecule has 5 N–H and O–H groups in total. The number of rotatable bonds is 8. The Balaban J connectivity index is 1.42. The third-order valence-corrected chi connectivity index (χ3v) is 6.66. The van der Waals surface area contributed by atoms with Gasteiger partial charge in [0.15, 0.2) is 0 Å². The van der Waals surface area contributed by atoms with Crippen LogP contribution in [-0.2, 0) is 12.7 Å². The highest BCUT2D eigenvalue weighted by Crippen LogP contribution is 2.38. The molecule has 4 aromatic rings. The topological polar surface area (TPSA) is 106 Å². The number of ether oxygens (including phenoxy) is 1. The van der Waals surface area contributed by atoms with E-state index < -0.39 is 17.6 Å². The summed E-state index contributed by atoms with van der Waals surface area (Å²) in [6.45, 7) is 5.80. The van der Waals surface area contributed by atoms with Crippen LogP contribution in [0.5, 0.6) is 5.75 Å². The Bertz CT molecular complexity index is 1630. The van der Waals surface area contributed by atoms with Crippen LogP contribution in [0.3, 0.4) is 0 Å². The summed E-state index contributed by atoms with van der Waals surface area (Å²) in [5.41, 5.74) is 9.73. The zero-order chi connectivity index (χ0) is 29.3. The maximum absolute atomic E-state index is 13.7. The highest BCUT2D eigenvalue weighted by Gasteiger charge is 2.33. The van der Waals surface area contributed by atoms with Crippen LogP contribution in [0.1, 0.15) is 46.5 Å². The second-order valence-corrected chi connectivity index (χ2v) is 9.99. The van der Waals surface area contributed by atoms with E-state index in [2.05, 4.69) is 31.6 Å². The Morgan fingerprint density at radius 2 is 1.95 bits per heavy atom. The van der Waals surface area contributed by atoms with E-state index in [0.29, 0.717) is 5.69 Å². The second kappa shape index (κ2) is 11.1. The fourth-order valence-corrected chi connectivity index (χ4v) is 4.51. The van der Waals surface area contributed by atoms with Gasteiger partial charge in [-0.2, -0.15) is 13.2 Å². The van der Waals surface area contributed by atoms with Gasteiger partial charge in [0.25, 0.3) is 5.91 Å². The molecule has 9 nitrogen and oxygen atoms in total. The molecule has 0 fully saturated rings. The maximum Gasteiger partial charge on any atom is 0.416 e. The first kappa shape index (κ1) is 28.0. The quantitative estimate of drug-likeness (QED) is 0.193. The van der Waals surface area contributed by atoms with E-state index in [1.165, 1.54) is 7.11 Å². The number of nitrogens with one attached hydrogen (secondary N) is 5. The molecule has 0 unspecified atom stereocenters. The number of anilines is 2. The number of hydrogen-bond donors (Lipinski definition) is 5. The summed E-state index contributed by atoms with van der Waals surface area (Å²) >= 11 is 0. The van der Waals surface area contributed by atoms with Crippen molar-refractivity contribution in [1.29, 1.82) is 0 Å². The first-order valence-corrected chi connectivity index (χ1v) is 12.9. The lowest BCUT2D eigenvalue weighted by molar-refractivity contribution is -0.137. The summed E-state index contributed by atoms with van der Waals surface area (Å²) < 4.78 is 46.6. The van der Waals surface area contributed by atoms with Crippen LogP contribution < -0.4 is 31.3 Å². The van der Waals surface area contributed by atoms with E-state index in [1.54, 1.807) is 29.4 Å². The van der Waals surface area contributed by atoms with E-state index in [0.717, 1.165) is 40.0 Å². The molecular weight excluding hydrogens is 535 g/mol. The summed E-state index contributed by atoms with van der Waals surface area (Å²) in [4.78, 5) is 20.8. The molecule has 0 bridgehead atoms. The number of carbonyl (C=O) groups is 1. The van der Waals surface area contributed by atoms with Crippen molar-refractivity contribution in [2.45, 2.75) is 39.5 Å². The average Bonchev–Trinajstić information content (AvgIpc) is 3.61. The van der Waals surface area contributed by atoms with Crippen molar-refractivity contribution in [2.75, 3.05) is 17.4 Å². The first-order chi connectivity index (χ1) is 19.5. The molecule has 1 amide bonds. The molecule has 1 aliphatic heterocycles. The van der Waals surface area contributed by atoms with Crippen LogP contribution >= 0.6 is 0 Å². The van der Waals surface area contributed by atoms with Crippen LogP contribution in [0.4, 0.5) is 24.5 Å². The number of carbonyl (C=O) groups excluding carboxylic acids is 1. The normalized spacial score (nSPS) is 13.5. The van der Waals surface area contributed by atoms with Gasteiger partial charge in [-0.05, 0) is 48.9 Å². The van der Waals surface area contributed by atoms with Crippen LogP contribution in [0.25, 0.3) is 16.7 Å². The summed E-state index contributed by atoms with van der Waals surface area (Å²) in [6.07, 6.45) is 0.798. The standard InChI is InChI=1S/C29H30F3N7O2/c1-16(2)34-14-21-10-22(29(30,31)32)12-23(26(21)41-4)36-28(40)19-6-5-17(3)25(11-19)39-15-24(37-38-39)20-9-18-7-8-33-27(18)35-13-20/h5-13,15-16,34,37-38H,14H2,1-4H3,(H,33,35)(H,36,40). The van der Waals surface area contributed by atoms with E-state index in [9.17, 15) is 18.0 Å². The minimum atomic E-state index is -4.60. The van der Waals surface area contributed by atoms with Crippen molar-refractivity contribution in [1.82, 2.24) is 26.2 Å². The van der Waals surface area contributed by atoms with Crippen LogP contribution in [0.15, 0.2) is 61.1 Å². The molecule has 0 saturated carbocycles. The van der Waals surface area contributed by atoms with Gasteiger partial charge in [-0.15, -0.1) is 5.53 Å². The Morgan fingerprint density at radius 3 is 2.68 bits per heavy atom. The second-order valence-electron chi connectivity index (χ2n) is 9.99. The monoisotopic (exact) mass is 565 g/mol. The van der Waals surface area contributed by atoms with Crippen molar-refractivity contribution in [3.63, 3.8) is 0 Å². The third kappa shape index (κ3) is 5.98. The van der Waals surface area contributed by atoms with Crippen molar-refractivity contribution < 1.29 is 22.7 Å². The van der Waals surface area contributed by atoms with Crippen molar-refractivity contribution in [2.24, 2.45) is 0 Å². The number of pyridine rings is 1.